The molecule has 0 heterocycles. The van der Waals surface area contributed by atoms with Gasteiger partial charge in [0.2, 0.25) is 10.0 Å². The predicted octanol–water partition coefficient (Wildman–Crippen LogP) is 2.77. The Morgan fingerprint density at radius 3 is 2.42 bits per heavy atom. The third-order valence-corrected chi connectivity index (χ3v) is 5.19. The minimum Gasteiger partial charge on any atom is -0.338 e. The molecular formula is C16H18BrN3O3S. The Bertz CT molecular complexity index is 836. The van der Waals surface area contributed by atoms with Crippen LogP contribution in [0, 0.1) is 6.92 Å². The molecule has 0 aromatic heterocycles. The number of carbonyl (C=O) groups is 1. The fourth-order valence-corrected chi connectivity index (χ4v) is 2.83. The Balaban J connectivity index is 1.83. The van der Waals surface area contributed by atoms with Gasteiger partial charge in [-0.05, 0) is 54.8 Å². The number of benzene rings is 2. The standard InChI is InChI=1S/C16H18BrN3O3S/c1-11-10-13(4-7-15(11)17)20-16(21)19-9-8-12-2-5-14(6-3-12)24(18,22)23/h2-7,10H,8-9H2,1H3,(H2,18,22,23)(H2,19,20,21). The molecule has 4 N–H and O–H groups in total. The highest BCUT2D eigenvalue weighted by atomic mass is 79.9. The summed E-state index contributed by atoms with van der Waals surface area (Å²) >= 11 is 3.41. The Morgan fingerprint density at radius 1 is 1.17 bits per heavy atom. The number of hydrogen-bond donors (Lipinski definition) is 3. The summed E-state index contributed by atoms with van der Waals surface area (Å²) in [7, 11) is -3.68. The molecule has 0 unspecified atom stereocenters. The second-order valence-electron chi connectivity index (χ2n) is 5.28. The van der Waals surface area contributed by atoms with Gasteiger partial charge in [0.1, 0.15) is 0 Å². The number of nitrogens with two attached hydrogens (primary N) is 1. The zero-order valence-corrected chi connectivity index (χ0v) is 15.4. The van der Waals surface area contributed by atoms with Crippen LogP contribution in [0.15, 0.2) is 51.8 Å². The largest absolute Gasteiger partial charge is 0.338 e. The average molecular weight is 412 g/mol. The lowest BCUT2D eigenvalue weighted by Crippen LogP contribution is -2.30. The summed E-state index contributed by atoms with van der Waals surface area (Å²) in [6.45, 7) is 2.37. The van der Waals surface area contributed by atoms with Crippen LogP contribution in [0.25, 0.3) is 0 Å². The molecule has 2 amide bonds. The van der Waals surface area contributed by atoms with E-state index in [0.717, 1.165) is 15.6 Å². The van der Waals surface area contributed by atoms with E-state index in [1.807, 2.05) is 25.1 Å². The second-order valence-corrected chi connectivity index (χ2v) is 7.70. The number of rotatable bonds is 5. The number of anilines is 1. The van der Waals surface area contributed by atoms with Crippen LogP contribution in [0.5, 0.6) is 0 Å². The Hall–Kier alpha value is -1.90. The second kappa shape index (κ2) is 7.78. The number of sulfonamides is 1. The van der Waals surface area contributed by atoms with Crippen molar-refractivity contribution < 1.29 is 13.2 Å². The maximum atomic E-state index is 11.9. The fourth-order valence-electron chi connectivity index (χ4n) is 2.06. The number of carbonyl (C=O) groups excluding carboxylic acids is 1. The lowest BCUT2D eigenvalue weighted by Gasteiger charge is -2.09. The first-order valence-electron chi connectivity index (χ1n) is 7.18. The van der Waals surface area contributed by atoms with Gasteiger partial charge in [0, 0.05) is 16.7 Å². The third-order valence-electron chi connectivity index (χ3n) is 3.37. The zero-order valence-electron chi connectivity index (χ0n) is 13.0. The molecule has 0 fully saturated rings. The molecule has 0 aliphatic carbocycles. The van der Waals surface area contributed by atoms with E-state index >= 15 is 0 Å². The van der Waals surface area contributed by atoms with Gasteiger partial charge in [-0.15, -0.1) is 0 Å². The number of halogens is 1. The Kier molecular flexibility index (Phi) is 5.98. The highest BCUT2D eigenvalue weighted by Gasteiger charge is 2.07. The van der Waals surface area contributed by atoms with E-state index in [0.29, 0.717) is 18.7 Å². The molecular weight excluding hydrogens is 394 g/mol. The van der Waals surface area contributed by atoms with Crippen molar-refractivity contribution in [1.29, 1.82) is 0 Å². The van der Waals surface area contributed by atoms with Gasteiger partial charge in [0.15, 0.2) is 0 Å². The van der Waals surface area contributed by atoms with Crippen LogP contribution in [-0.4, -0.2) is 21.0 Å². The van der Waals surface area contributed by atoms with Crippen molar-refractivity contribution >= 4 is 37.7 Å². The first-order valence-corrected chi connectivity index (χ1v) is 9.52. The highest BCUT2D eigenvalue weighted by molar-refractivity contribution is 9.10. The van der Waals surface area contributed by atoms with E-state index in [1.165, 1.54) is 12.1 Å². The molecule has 0 aliphatic rings. The van der Waals surface area contributed by atoms with Crippen LogP contribution < -0.4 is 15.8 Å². The number of nitrogens with one attached hydrogen (secondary N) is 2. The monoisotopic (exact) mass is 411 g/mol. The molecule has 0 radical (unpaired) electrons. The van der Waals surface area contributed by atoms with E-state index in [-0.39, 0.29) is 10.9 Å². The molecule has 24 heavy (non-hydrogen) atoms. The topological polar surface area (TPSA) is 101 Å². The number of urea groups is 1. The predicted molar refractivity (Wildman–Crippen MR) is 97.4 cm³/mol. The average Bonchev–Trinajstić information content (AvgIpc) is 2.50. The molecule has 2 aromatic carbocycles. The zero-order chi connectivity index (χ0) is 17.7. The minimum atomic E-state index is -3.68. The molecule has 0 bridgehead atoms. The van der Waals surface area contributed by atoms with Gasteiger partial charge in [-0.1, -0.05) is 28.1 Å². The fraction of sp³-hybridized carbons (Fsp3) is 0.188. The van der Waals surface area contributed by atoms with Crippen LogP contribution in [0.4, 0.5) is 10.5 Å². The third kappa shape index (κ3) is 5.33. The molecule has 8 heteroatoms. The summed E-state index contributed by atoms with van der Waals surface area (Å²) in [5.41, 5.74) is 2.65. The van der Waals surface area contributed by atoms with Gasteiger partial charge < -0.3 is 10.6 Å². The van der Waals surface area contributed by atoms with Gasteiger partial charge in [-0.2, -0.15) is 0 Å². The van der Waals surface area contributed by atoms with E-state index < -0.39 is 10.0 Å². The smallest absolute Gasteiger partial charge is 0.319 e. The van der Waals surface area contributed by atoms with E-state index in [1.54, 1.807) is 12.1 Å². The number of primary sulfonamides is 1. The molecule has 0 aliphatic heterocycles. The molecule has 6 nitrogen and oxygen atoms in total. The molecule has 0 spiro atoms. The summed E-state index contributed by atoms with van der Waals surface area (Å²) in [4.78, 5) is 11.9. The van der Waals surface area contributed by atoms with Gasteiger partial charge in [0.05, 0.1) is 4.90 Å². The summed E-state index contributed by atoms with van der Waals surface area (Å²) in [6, 6.07) is 11.5. The summed E-state index contributed by atoms with van der Waals surface area (Å²) < 4.78 is 23.3. The highest BCUT2D eigenvalue weighted by Crippen LogP contribution is 2.19. The number of hydrogen-bond acceptors (Lipinski definition) is 3. The van der Waals surface area contributed by atoms with Crippen LogP contribution in [0.1, 0.15) is 11.1 Å². The van der Waals surface area contributed by atoms with Crippen LogP contribution in [0.2, 0.25) is 0 Å². The van der Waals surface area contributed by atoms with Crippen molar-refractivity contribution in [1.82, 2.24) is 5.32 Å². The van der Waals surface area contributed by atoms with Gasteiger partial charge in [0.25, 0.3) is 0 Å². The molecule has 0 saturated carbocycles. The van der Waals surface area contributed by atoms with Crippen molar-refractivity contribution in [2.45, 2.75) is 18.2 Å². The van der Waals surface area contributed by atoms with Gasteiger partial charge in [-0.3, -0.25) is 0 Å². The van der Waals surface area contributed by atoms with Crippen molar-refractivity contribution in [3.63, 3.8) is 0 Å². The van der Waals surface area contributed by atoms with E-state index in [4.69, 9.17) is 5.14 Å². The Morgan fingerprint density at radius 2 is 1.83 bits per heavy atom. The number of aryl methyl sites for hydroxylation is 1. The van der Waals surface area contributed by atoms with Gasteiger partial charge in [-0.25, -0.2) is 18.4 Å². The van der Waals surface area contributed by atoms with E-state index in [2.05, 4.69) is 26.6 Å². The normalized spacial score (nSPS) is 11.1. The molecule has 2 aromatic rings. The van der Waals surface area contributed by atoms with Gasteiger partial charge >= 0.3 is 6.03 Å². The molecule has 2 rings (SSSR count). The summed E-state index contributed by atoms with van der Waals surface area (Å²) in [5.74, 6) is 0. The maximum Gasteiger partial charge on any atom is 0.319 e. The van der Waals surface area contributed by atoms with Crippen LogP contribution in [-0.2, 0) is 16.4 Å². The molecule has 0 saturated heterocycles. The minimum absolute atomic E-state index is 0.0718. The first-order chi connectivity index (χ1) is 11.3. The Labute approximate surface area is 149 Å². The SMILES string of the molecule is Cc1cc(NC(=O)NCCc2ccc(S(N)(=O)=O)cc2)ccc1Br. The maximum absolute atomic E-state index is 11.9. The lowest BCUT2D eigenvalue weighted by molar-refractivity contribution is 0.252. The van der Waals surface area contributed by atoms with Crippen LogP contribution >= 0.6 is 15.9 Å². The lowest BCUT2D eigenvalue weighted by atomic mass is 10.1. The quantitative estimate of drug-likeness (QED) is 0.704. The first kappa shape index (κ1) is 18.4. The van der Waals surface area contributed by atoms with E-state index in [9.17, 15) is 13.2 Å². The van der Waals surface area contributed by atoms with Crippen molar-refractivity contribution in [2.75, 3.05) is 11.9 Å². The molecule has 128 valence electrons. The number of amides is 2. The van der Waals surface area contributed by atoms with Crippen molar-refractivity contribution in [3.8, 4) is 0 Å². The van der Waals surface area contributed by atoms with Crippen molar-refractivity contribution in [3.05, 3.63) is 58.1 Å². The summed E-state index contributed by atoms with van der Waals surface area (Å²) in [6.07, 6.45) is 0.581. The molecule has 0 atom stereocenters. The summed E-state index contributed by atoms with van der Waals surface area (Å²) in [5, 5.41) is 10.6. The van der Waals surface area contributed by atoms with Crippen molar-refractivity contribution in [2.24, 2.45) is 5.14 Å². The van der Waals surface area contributed by atoms with Crippen LogP contribution in [0.3, 0.4) is 0 Å².